The SMILES string of the molecule is CC(NS(=O)(=O)N1CCCCCC1)c1ccc2ccccc2c1. The second-order valence-electron chi connectivity index (χ2n) is 6.26. The molecule has 2 aromatic carbocycles. The molecule has 0 aromatic heterocycles. The van der Waals surface area contributed by atoms with E-state index in [4.69, 9.17) is 0 Å². The van der Waals surface area contributed by atoms with Gasteiger partial charge in [0.15, 0.2) is 0 Å². The zero-order valence-corrected chi connectivity index (χ0v) is 14.3. The first-order valence-electron chi connectivity index (χ1n) is 8.32. The van der Waals surface area contributed by atoms with Crippen LogP contribution in [0.15, 0.2) is 42.5 Å². The summed E-state index contributed by atoms with van der Waals surface area (Å²) < 4.78 is 29.6. The van der Waals surface area contributed by atoms with Gasteiger partial charge in [-0.25, -0.2) is 0 Å². The molecule has 2 aromatic rings. The van der Waals surface area contributed by atoms with Gasteiger partial charge in [0.25, 0.3) is 10.2 Å². The zero-order chi connectivity index (χ0) is 16.3. The molecule has 3 rings (SSSR count). The molecular weight excluding hydrogens is 308 g/mol. The van der Waals surface area contributed by atoms with Crippen molar-refractivity contribution in [2.24, 2.45) is 0 Å². The average Bonchev–Trinajstić information content (AvgIpc) is 2.84. The number of benzene rings is 2. The van der Waals surface area contributed by atoms with E-state index < -0.39 is 10.2 Å². The minimum absolute atomic E-state index is 0.243. The zero-order valence-electron chi connectivity index (χ0n) is 13.5. The maximum absolute atomic E-state index is 12.6. The predicted molar refractivity (Wildman–Crippen MR) is 94.5 cm³/mol. The summed E-state index contributed by atoms with van der Waals surface area (Å²) in [6.45, 7) is 3.15. The third-order valence-electron chi connectivity index (χ3n) is 4.50. The first-order chi connectivity index (χ1) is 11.1. The van der Waals surface area contributed by atoms with E-state index in [9.17, 15) is 8.42 Å². The molecule has 1 aliphatic heterocycles. The fourth-order valence-electron chi connectivity index (χ4n) is 3.13. The van der Waals surface area contributed by atoms with Gasteiger partial charge in [-0.3, -0.25) is 0 Å². The molecule has 0 saturated carbocycles. The minimum atomic E-state index is -3.42. The highest BCUT2D eigenvalue weighted by molar-refractivity contribution is 7.87. The summed E-state index contributed by atoms with van der Waals surface area (Å²) in [4.78, 5) is 0. The Bertz CT molecular complexity index is 765. The Hall–Kier alpha value is -1.43. The van der Waals surface area contributed by atoms with Crippen LogP contribution >= 0.6 is 0 Å². The van der Waals surface area contributed by atoms with E-state index >= 15 is 0 Å². The van der Waals surface area contributed by atoms with Gasteiger partial charge in [-0.05, 0) is 42.2 Å². The molecule has 1 heterocycles. The van der Waals surface area contributed by atoms with Crippen LogP contribution in [0, 0.1) is 0 Å². The molecule has 1 atom stereocenters. The summed E-state index contributed by atoms with van der Waals surface area (Å²) in [5.41, 5.74) is 0.988. The van der Waals surface area contributed by atoms with Gasteiger partial charge in [-0.1, -0.05) is 49.2 Å². The number of nitrogens with zero attached hydrogens (tertiary/aromatic N) is 1. The van der Waals surface area contributed by atoms with Gasteiger partial charge in [0, 0.05) is 19.1 Å². The maximum Gasteiger partial charge on any atom is 0.279 e. The Kier molecular flexibility index (Phi) is 4.99. The Morgan fingerprint density at radius 1 is 0.957 bits per heavy atom. The van der Waals surface area contributed by atoms with Crippen molar-refractivity contribution in [2.75, 3.05) is 13.1 Å². The van der Waals surface area contributed by atoms with Crippen molar-refractivity contribution in [3.05, 3.63) is 48.0 Å². The highest BCUT2D eigenvalue weighted by atomic mass is 32.2. The van der Waals surface area contributed by atoms with Crippen molar-refractivity contribution < 1.29 is 8.42 Å². The average molecular weight is 332 g/mol. The van der Waals surface area contributed by atoms with E-state index in [1.807, 2.05) is 31.2 Å². The second-order valence-corrected chi connectivity index (χ2v) is 7.97. The van der Waals surface area contributed by atoms with Crippen LogP contribution in [0.1, 0.15) is 44.2 Å². The fourth-order valence-corrected chi connectivity index (χ4v) is 4.60. The molecule has 0 spiro atoms. The first-order valence-corrected chi connectivity index (χ1v) is 9.76. The lowest BCUT2D eigenvalue weighted by Crippen LogP contribution is -2.42. The third-order valence-corrected chi connectivity index (χ3v) is 6.20. The summed E-state index contributed by atoms with van der Waals surface area (Å²) in [5.74, 6) is 0. The van der Waals surface area contributed by atoms with Crippen LogP contribution in [-0.2, 0) is 10.2 Å². The Morgan fingerprint density at radius 2 is 1.61 bits per heavy atom. The normalized spacial score (nSPS) is 18.7. The van der Waals surface area contributed by atoms with Gasteiger partial charge in [0.1, 0.15) is 0 Å². The van der Waals surface area contributed by atoms with Crippen molar-refractivity contribution in [1.82, 2.24) is 9.03 Å². The Morgan fingerprint density at radius 3 is 2.30 bits per heavy atom. The van der Waals surface area contributed by atoms with Crippen LogP contribution in [0.5, 0.6) is 0 Å². The molecule has 1 N–H and O–H groups in total. The topological polar surface area (TPSA) is 49.4 Å². The third kappa shape index (κ3) is 3.91. The summed E-state index contributed by atoms with van der Waals surface area (Å²) in [7, 11) is -3.42. The smallest absolute Gasteiger partial charge is 0.195 e. The van der Waals surface area contributed by atoms with Crippen LogP contribution in [0.4, 0.5) is 0 Å². The van der Waals surface area contributed by atoms with E-state index in [-0.39, 0.29) is 6.04 Å². The van der Waals surface area contributed by atoms with Gasteiger partial charge in [0.05, 0.1) is 0 Å². The largest absolute Gasteiger partial charge is 0.279 e. The number of nitrogens with one attached hydrogen (secondary N) is 1. The number of hydrogen-bond donors (Lipinski definition) is 1. The molecule has 124 valence electrons. The molecule has 5 heteroatoms. The maximum atomic E-state index is 12.6. The second kappa shape index (κ2) is 6.99. The Labute approximate surface area is 138 Å². The lowest BCUT2D eigenvalue weighted by molar-refractivity contribution is 0.410. The van der Waals surface area contributed by atoms with Crippen LogP contribution < -0.4 is 4.72 Å². The predicted octanol–water partition coefficient (Wildman–Crippen LogP) is 3.61. The van der Waals surface area contributed by atoms with Gasteiger partial charge >= 0.3 is 0 Å². The Balaban J connectivity index is 1.77. The van der Waals surface area contributed by atoms with E-state index in [1.165, 1.54) is 5.39 Å². The number of rotatable bonds is 4. The monoisotopic (exact) mass is 332 g/mol. The molecule has 4 nitrogen and oxygen atoms in total. The molecule has 0 aliphatic carbocycles. The van der Waals surface area contributed by atoms with Gasteiger partial charge in [-0.2, -0.15) is 17.4 Å². The first kappa shape index (κ1) is 16.4. The van der Waals surface area contributed by atoms with Crippen molar-refractivity contribution >= 4 is 21.0 Å². The lowest BCUT2D eigenvalue weighted by atomic mass is 10.0. The number of hydrogen-bond acceptors (Lipinski definition) is 2. The molecule has 0 radical (unpaired) electrons. The molecule has 1 saturated heterocycles. The molecule has 1 aliphatic rings. The molecule has 0 amide bonds. The van der Waals surface area contributed by atoms with Gasteiger partial charge in [0.2, 0.25) is 0 Å². The molecular formula is C18H24N2O2S. The minimum Gasteiger partial charge on any atom is -0.195 e. The molecule has 0 bridgehead atoms. The van der Waals surface area contributed by atoms with Gasteiger partial charge < -0.3 is 0 Å². The highest BCUT2D eigenvalue weighted by Gasteiger charge is 2.25. The lowest BCUT2D eigenvalue weighted by Gasteiger charge is -2.23. The van der Waals surface area contributed by atoms with Gasteiger partial charge in [-0.15, -0.1) is 0 Å². The van der Waals surface area contributed by atoms with Crippen LogP contribution in [-0.4, -0.2) is 25.8 Å². The van der Waals surface area contributed by atoms with E-state index in [2.05, 4.69) is 22.9 Å². The summed E-state index contributed by atoms with van der Waals surface area (Å²) >= 11 is 0. The summed E-state index contributed by atoms with van der Waals surface area (Å²) in [6, 6.07) is 14.0. The van der Waals surface area contributed by atoms with E-state index in [1.54, 1.807) is 4.31 Å². The highest BCUT2D eigenvalue weighted by Crippen LogP contribution is 2.22. The summed E-state index contributed by atoms with van der Waals surface area (Å²) in [6.07, 6.45) is 4.13. The standard InChI is InChI=1S/C18H24N2O2S/c1-15(17-11-10-16-8-4-5-9-18(16)14-17)19-23(21,22)20-12-6-2-3-7-13-20/h4-5,8-11,14-15,19H,2-3,6-7,12-13H2,1H3. The van der Waals surface area contributed by atoms with Crippen molar-refractivity contribution in [3.8, 4) is 0 Å². The van der Waals surface area contributed by atoms with E-state index in [0.29, 0.717) is 13.1 Å². The van der Waals surface area contributed by atoms with Crippen molar-refractivity contribution in [3.63, 3.8) is 0 Å². The van der Waals surface area contributed by atoms with Crippen molar-refractivity contribution in [1.29, 1.82) is 0 Å². The number of fused-ring (bicyclic) bond motifs is 1. The van der Waals surface area contributed by atoms with Crippen molar-refractivity contribution in [2.45, 2.75) is 38.6 Å². The van der Waals surface area contributed by atoms with Crippen LogP contribution in [0.3, 0.4) is 0 Å². The fraction of sp³-hybridized carbons (Fsp3) is 0.444. The molecule has 1 fully saturated rings. The quantitative estimate of drug-likeness (QED) is 0.930. The van der Waals surface area contributed by atoms with Crippen LogP contribution in [0.2, 0.25) is 0 Å². The van der Waals surface area contributed by atoms with E-state index in [0.717, 1.165) is 36.6 Å². The summed E-state index contributed by atoms with van der Waals surface area (Å²) in [5, 5.41) is 2.30. The molecule has 23 heavy (non-hydrogen) atoms. The molecule has 1 unspecified atom stereocenters. The van der Waals surface area contributed by atoms with Crippen LogP contribution in [0.25, 0.3) is 10.8 Å².